The molecule has 0 aliphatic carbocycles. The fraction of sp³-hybridized carbons (Fsp3) is 0.154. The van der Waals surface area contributed by atoms with Gasteiger partial charge in [0.1, 0.15) is 10.2 Å². The highest BCUT2D eigenvalue weighted by molar-refractivity contribution is 8.14. The zero-order chi connectivity index (χ0) is 14.3. The lowest BCUT2D eigenvalue weighted by Gasteiger charge is -2.22. The molecule has 2 heterocycles. The minimum Gasteiger partial charge on any atom is -0.372 e. The van der Waals surface area contributed by atoms with Crippen LogP contribution >= 0.6 is 35.1 Å². The van der Waals surface area contributed by atoms with Crippen LogP contribution < -0.4 is 0 Å². The first-order valence-electron chi connectivity index (χ1n) is 5.69. The van der Waals surface area contributed by atoms with Crippen molar-refractivity contribution in [3.05, 3.63) is 46.6 Å². The molecule has 0 radical (unpaired) electrons. The number of aromatic nitrogens is 2. The third-order valence-electron chi connectivity index (χ3n) is 3.03. The van der Waals surface area contributed by atoms with E-state index in [0.717, 1.165) is 11.8 Å². The van der Waals surface area contributed by atoms with E-state index < -0.39 is 10.7 Å². The molecule has 20 heavy (non-hydrogen) atoms. The Morgan fingerprint density at radius 1 is 1.30 bits per heavy atom. The molecule has 1 unspecified atom stereocenters. The van der Waals surface area contributed by atoms with Crippen LogP contribution in [-0.4, -0.2) is 26.4 Å². The number of benzene rings is 1. The first-order chi connectivity index (χ1) is 9.57. The number of aliphatic hydroxyl groups is 1. The molecule has 1 aliphatic heterocycles. The van der Waals surface area contributed by atoms with Crippen LogP contribution in [0.15, 0.2) is 40.5 Å². The fourth-order valence-corrected chi connectivity index (χ4v) is 3.93. The van der Waals surface area contributed by atoms with Crippen molar-refractivity contribution < 1.29 is 9.90 Å². The average molecular weight is 325 g/mol. The van der Waals surface area contributed by atoms with Gasteiger partial charge >= 0.3 is 0 Å². The van der Waals surface area contributed by atoms with E-state index in [2.05, 4.69) is 9.97 Å². The van der Waals surface area contributed by atoms with Crippen molar-refractivity contribution in [1.29, 1.82) is 0 Å². The molecular weight excluding hydrogens is 316 g/mol. The minimum absolute atomic E-state index is 0.115. The lowest BCUT2D eigenvalue weighted by molar-refractivity contribution is -0.124. The normalized spacial score (nSPS) is 21.1. The molecule has 0 amide bonds. The minimum atomic E-state index is -1.78. The molecule has 0 fully saturated rings. The van der Waals surface area contributed by atoms with E-state index in [4.69, 9.17) is 11.6 Å². The maximum absolute atomic E-state index is 12.3. The van der Waals surface area contributed by atoms with E-state index in [1.807, 2.05) is 12.3 Å². The van der Waals surface area contributed by atoms with Gasteiger partial charge < -0.3 is 5.11 Å². The van der Waals surface area contributed by atoms with E-state index in [1.165, 1.54) is 11.8 Å². The van der Waals surface area contributed by atoms with E-state index in [0.29, 0.717) is 15.7 Å². The van der Waals surface area contributed by atoms with E-state index >= 15 is 0 Å². The van der Waals surface area contributed by atoms with Crippen LogP contribution in [0, 0.1) is 0 Å². The molecule has 0 bridgehead atoms. The molecule has 1 aliphatic rings. The van der Waals surface area contributed by atoms with Gasteiger partial charge in [-0.25, -0.2) is 9.97 Å². The summed E-state index contributed by atoms with van der Waals surface area (Å²) < 4.78 is 0. The molecule has 3 rings (SSSR count). The molecule has 1 aromatic heterocycles. The third kappa shape index (κ3) is 1.95. The Morgan fingerprint density at radius 3 is 2.65 bits per heavy atom. The SMILES string of the molecule is CSc1nc(Cl)c2c(n1)SC(=O)C2(O)c1ccccc1. The highest BCUT2D eigenvalue weighted by atomic mass is 35.5. The van der Waals surface area contributed by atoms with Crippen LogP contribution in [0.2, 0.25) is 5.15 Å². The van der Waals surface area contributed by atoms with Crippen LogP contribution in [0.3, 0.4) is 0 Å². The smallest absolute Gasteiger partial charge is 0.236 e. The Bertz CT molecular complexity index is 696. The molecule has 1 aromatic carbocycles. The number of thioether (sulfide) groups is 2. The second kappa shape index (κ2) is 5.04. The van der Waals surface area contributed by atoms with Crippen LogP contribution in [0.4, 0.5) is 0 Å². The molecule has 1 atom stereocenters. The van der Waals surface area contributed by atoms with Gasteiger partial charge in [0.05, 0.1) is 5.56 Å². The first kappa shape index (κ1) is 13.9. The van der Waals surface area contributed by atoms with Crippen molar-refractivity contribution in [2.75, 3.05) is 6.26 Å². The second-order valence-corrected chi connectivity index (χ2v) is 6.24. The van der Waals surface area contributed by atoms with Crippen molar-refractivity contribution in [2.45, 2.75) is 15.8 Å². The monoisotopic (exact) mass is 324 g/mol. The molecule has 1 N–H and O–H groups in total. The zero-order valence-electron chi connectivity index (χ0n) is 10.3. The average Bonchev–Trinajstić information content (AvgIpc) is 2.72. The van der Waals surface area contributed by atoms with Gasteiger partial charge in [-0.15, -0.1) is 0 Å². The summed E-state index contributed by atoms with van der Waals surface area (Å²) >= 11 is 8.40. The predicted octanol–water partition coefficient (Wildman–Crippen LogP) is 2.72. The molecule has 0 saturated carbocycles. The summed E-state index contributed by atoms with van der Waals surface area (Å²) in [5.74, 6) is 0. The highest BCUT2D eigenvalue weighted by Crippen LogP contribution is 2.49. The van der Waals surface area contributed by atoms with Crippen molar-refractivity contribution >= 4 is 40.2 Å². The number of carbonyl (C=O) groups excluding carboxylic acids is 1. The van der Waals surface area contributed by atoms with Crippen molar-refractivity contribution in [2.24, 2.45) is 0 Å². The molecule has 102 valence electrons. The summed E-state index contributed by atoms with van der Waals surface area (Å²) in [6.07, 6.45) is 1.82. The summed E-state index contributed by atoms with van der Waals surface area (Å²) in [7, 11) is 0. The lowest BCUT2D eigenvalue weighted by Crippen LogP contribution is -2.32. The van der Waals surface area contributed by atoms with Gasteiger partial charge in [-0.2, -0.15) is 0 Å². The number of carbonyl (C=O) groups is 1. The summed E-state index contributed by atoms with van der Waals surface area (Å²) in [6, 6.07) is 8.70. The van der Waals surface area contributed by atoms with Gasteiger partial charge in [0.15, 0.2) is 10.8 Å². The molecular formula is C13H9ClN2O2S2. The number of nitrogens with zero attached hydrogens (tertiary/aromatic N) is 2. The largest absolute Gasteiger partial charge is 0.372 e. The third-order valence-corrected chi connectivity index (χ3v) is 4.82. The highest BCUT2D eigenvalue weighted by Gasteiger charge is 2.50. The van der Waals surface area contributed by atoms with Crippen molar-refractivity contribution in [3.8, 4) is 0 Å². The van der Waals surface area contributed by atoms with Gasteiger partial charge in [0, 0.05) is 0 Å². The maximum Gasteiger partial charge on any atom is 0.236 e. The number of fused-ring (bicyclic) bond motifs is 1. The van der Waals surface area contributed by atoms with Gasteiger partial charge in [0.2, 0.25) is 5.12 Å². The summed E-state index contributed by atoms with van der Waals surface area (Å²) in [6.45, 7) is 0. The van der Waals surface area contributed by atoms with Gasteiger partial charge in [-0.3, -0.25) is 4.79 Å². The summed E-state index contributed by atoms with van der Waals surface area (Å²) in [4.78, 5) is 20.6. The Balaban J connectivity index is 2.25. The van der Waals surface area contributed by atoms with E-state index in [-0.39, 0.29) is 10.7 Å². The topological polar surface area (TPSA) is 63.1 Å². The van der Waals surface area contributed by atoms with Crippen molar-refractivity contribution in [3.63, 3.8) is 0 Å². The quantitative estimate of drug-likeness (QED) is 0.520. The Kier molecular flexibility index (Phi) is 3.50. The van der Waals surface area contributed by atoms with E-state index in [1.54, 1.807) is 24.3 Å². The fourth-order valence-electron chi connectivity index (χ4n) is 2.07. The molecule has 0 saturated heterocycles. The Labute approximate surface area is 129 Å². The first-order valence-corrected chi connectivity index (χ1v) is 8.11. The van der Waals surface area contributed by atoms with E-state index in [9.17, 15) is 9.90 Å². The van der Waals surface area contributed by atoms with Gasteiger partial charge in [0.25, 0.3) is 0 Å². The number of halogens is 1. The van der Waals surface area contributed by atoms with Crippen LogP contribution in [0.25, 0.3) is 0 Å². The van der Waals surface area contributed by atoms with Crippen molar-refractivity contribution in [1.82, 2.24) is 9.97 Å². The maximum atomic E-state index is 12.3. The van der Waals surface area contributed by atoms with Crippen LogP contribution in [-0.2, 0) is 10.4 Å². The Morgan fingerprint density at radius 2 is 2.00 bits per heavy atom. The second-order valence-electron chi connectivity index (χ2n) is 4.15. The molecule has 4 nitrogen and oxygen atoms in total. The lowest BCUT2D eigenvalue weighted by atomic mass is 9.89. The van der Waals surface area contributed by atoms with Gasteiger partial charge in [-0.05, 0) is 23.6 Å². The number of rotatable bonds is 2. The zero-order valence-corrected chi connectivity index (χ0v) is 12.7. The van der Waals surface area contributed by atoms with Crippen LogP contribution in [0.5, 0.6) is 0 Å². The van der Waals surface area contributed by atoms with Gasteiger partial charge in [-0.1, -0.05) is 53.7 Å². The Hall–Kier alpha value is -1.08. The standard InChI is InChI=1S/C13H9ClN2O2S2/c1-19-12-15-9(14)8-10(16-12)20-11(17)13(8,18)7-5-3-2-4-6-7/h2-6,18H,1H3. The molecule has 0 spiro atoms. The predicted molar refractivity (Wildman–Crippen MR) is 79.1 cm³/mol. The summed E-state index contributed by atoms with van der Waals surface area (Å²) in [5, 5.41) is 11.5. The van der Waals surface area contributed by atoms with Crippen LogP contribution in [0.1, 0.15) is 11.1 Å². The molecule has 7 heteroatoms. The number of hydrogen-bond donors (Lipinski definition) is 1. The summed E-state index contributed by atoms with van der Waals surface area (Å²) in [5.41, 5.74) is -1.04. The molecule has 2 aromatic rings. The number of hydrogen-bond acceptors (Lipinski definition) is 6.